The Bertz CT molecular complexity index is 356. The molecule has 2 rings (SSSR count). The van der Waals surface area contributed by atoms with Crippen molar-refractivity contribution in [2.24, 2.45) is 0 Å². The zero-order valence-corrected chi connectivity index (χ0v) is 7.60. The van der Waals surface area contributed by atoms with Crippen LogP contribution in [0.15, 0.2) is 30.3 Å². The van der Waals surface area contributed by atoms with Gasteiger partial charge in [0.25, 0.3) is 0 Å². The van der Waals surface area contributed by atoms with Crippen molar-refractivity contribution >= 4 is 11.8 Å². The second-order valence-corrected chi connectivity index (χ2v) is 3.25. The van der Waals surface area contributed by atoms with E-state index in [0.29, 0.717) is 18.4 Å². The van der Waals surface area contributed by atoms with Crippen molar-refractivity contribution in [3.8, 4) is 0 Å². The number of benzene rings is 1. The Hall–Kier alpha value is -1.64. The zero-order chi connectivity index (χ0) is 9.97. The molecule has 1 heterocycles. The fourth-order valence-electron chi connectivity index (χ4n) is 1.50. The van der Waals surface area contributed by atoms with Gasteiger partial charge < -0.3 is 4.74 Å². The molecule has 0 N–H and O–H groups in total. The van der Waals surface area contributed by atoms with Crippen molar-refractivity contribution in [1.29, 1.82) is 0 Å². The number of ether oxygens (including phenoxy) is 1. The molecule has 14 heavy (non-hydrogen) atoms. The van der Waals surface area contributed by atoms with E-state index in [2.05, 4.69) is 0 Å². The Balaban J connectivity index is 2.13. The van der Waals surface area contributed by atoms with E-state index in [1.165, 1.54) is 0 Å². The molecule has 1 saturated heterocycles. The molecule has 3 heteroatoms. The molecule has 0 aliphatic carbocycles. The van der Waals surface area contributed by atoms with Gasteiger partial charge in [0.05, 0.1) is 0 Å². The Morgan fingerprint density at radius 3 is 2.57 bits per heavy atom. The third kappa shape index (κ3) is 1.66. The Morgan fingerprint density at radius 1 is 1.29 bits per heavy atom. The van der Waals surface area contributed by atoms with Gasteiger partial charge >= 0.3 is 5.97 Å². The summed E-state index contributed by atoms with van der Waals surface area (Å²) in [5, 5.41) is 0. The molecule has 0 spiro atoms. The van der Waals surface area contributed by atoms with Crippen LogP contribution in [0.1, 0.15) is 23.2 Å². The second kappa shape index (κ2) is 3.62. The van der Waals surface area contributed by atoms with Crippen LogP contribution in [-0.4, -0.2) is 17.9 Å². The lowest BCUT2D eigenvalue weighted by Crippen LogP contribution is -2.20. The maximum Gasteiger partial charge on any atom is 0.306 e. The van der Waals surface area contributed by atoms with E-state index in [0.717, 1.165) is 0 Å². The number of rotatable bonds is 2. The summed E-state index contributed by atoms with van der Waals surface area (Å²) in [6, 6.07) is 8.90. The number of hydrogen-bond acceptors (Lipinski definition) is 3. The van der Waals surface area contributed by atoms with Crippen molar-refractivity contribution in [3.63, 3.8) is 0 Å². The topological polar surface area (TPSA) is 43.4 Å². The highest BCUT2D eigenvalue weighted by Crippen LogP contribution is 2.18. The number of ketones is 1. The van der Waals surface area contributed by atoms with E-state index in [9.17, 15) is 9.59 Å². The van der Waals surface area contributed by atoms with Crippen LogP contribution in [-0.2, 0) is 9.53 Å². The van der Waals surface area contributed by atoms with Crippen LogP contribution < -0.4 is 0 Å². The van der Waals surface area contributed by atoms with Crippen LogP contribution in [0.4, 0.5) is 0 Å². The quantitative estimate of drug-likeness (QED) is 0.525. The van der Waals surface area contributed by atoms with Gasteiger partial charge in [0.1, 0.15) is 0 Å². The number of cyclic esters (lactones) is 1. The highest BCUT2D eigenvalue weighted by Gasteiger charge is 2.30. The Kier molecular flexibility index (Phi) is 2.31. The minimum Gasteiger partial charge on any atom is -0.454 e. The fourth-order valence-corrected chi connectivity index (χ4v) is 1.50. The summed E-state index contributed by atoms with van der Waals surface area (Å²) in [6.45, 7) is 0. The van der Waals surface area contributed by atoms with E-state index in [1.54, 1.807) is 24.3 Å². The molecule has 0 aromatic heterocycles. The molecular formula is C11H10O3. The molecule has 0 bridgehead atoms. The summed E-state index contributed by atoms with van der Waals surface area (Å²) in [5.41, 5.74) is 0.604. The van der Waals surface area contributed by atoms with Gasteiger partial charge in [-0.2, -0.15) is 0 Å². The van der Waals surface area contributed by atoms with Crippen molar-refractivity contribution in [2.45, 2.75) is 18.9 Å². The summed E-state index contributed by atoms with van der Waals surface area (Å²) in [5.74, 6) is -0.379. The Labute approximate surface area is 81.7 Å². The van der Waals surface area contributed by atoms with Gasteiger partial charge in [-0.15, -0.1) is 0 Å². The van der Waals surface area contributed by atoms with Crippen molar-refractivity contribution in [3.05, 3.63) is 35.9 Å². The molecule has 1 aliphatic rings. The van der Waals surface area contributed by atoms with E-state index in [4.69, 9.17) is 4.74 Å². The van der Waals surface area contributed by atoms with Gasteiger partial charge in [0, 0.05) is 18.4 Å². The average Bonchev–Trinajstić information content (AvgIpc) is 2.65. The first-order valence-electron chi connectivity index (χ1n) is 4.56. The van der Waals surface area contributed by atoms with Gasteiger partial charge in [-0.05, 0) is 0 Å². The first kappa shape index (κ1) is 8.94. The summed E-state index contributed by atoms with van der Waals surface area (Å²) < 4.78 is 4.89. The maximum atomic E-state index is 11.7. The summed E-state index contributed by atoms with van der Waals surface area (Å²) in [4.78, 5) is 22.5. The number of carbonyl (C=O) groups excluding carboxylic acids is 2. The third-order valence-corrected chi connectivity index (χ3v) is 2.24. The molecule has 0 amide bonds. The first-order chi connectivity index (χ1) is 6.77. The summed E-state index contributed by atoms with van der Waals surface area (Å²) in [7, 11) is 0. The average molecular weight is 190 g/mol. The molecule has 0 radical (unpaired) electrons. The standard InChI is InChI=1S/C11H10O3/c12-10-7-6-9(14-10)11(13)8-4-2-1-3-5-8/h1-5,9H,6-7H2/t9-/m1/s1. The highest BCUT2D eigenvalue weighted by atomic mass is 16.6. The van der Waals surface area contributed by atoms with Crippen molar-refractivity contribution in [1.82, 2.24) is 0 Å². The lowest BCUT2D eigenvalue weighted by Gasteiger charge is -2.06. The SMILES string of the molecule is O=C1CC[C@H](C(=O)c2ccccc2)O1. The minimum absolute atomic E-state index is 0.101. The van der Waals surface area contributed by atoms with Crippen LogP contribution in [0.25, 0.3) is 0 Å². The molecule has 1 aromatic rings. The van der Waals surface area contributed by atoms with Gasteiger partial charge in [0.15, 0.2) is 6.10 Å². The minimum atomic E-state index is -0.565. The summed E-state index contributed by atoms with van der Waals surface area (Å²) >= 11 is 0. The van der Waals surface area contributed by atoms with Gasteiger partial charge in [0.2, 0.25) is 5.78 Å². The van der Waals surface area contributed by atoms with E-state index in [-0.39, 0.29) is 11.8 Å². The third-order valence-electron chi connectivity index (χ3n) is 2.24. The second-order valence-electron chi connectivity index (χ2n) is 3.25. The van der Waals surface area contributed by atoms with Crippen LogP contribution >= 0.6 is 0 Å². The molecule has 1 fully saturated rings. The highest BCUT2D eigenvalue weighted by molar-refractivity contribution is 6.01. The van der Waals surface area contributed by atoms with E-state index in [1.807, 2.05) is 6.07 Å². The maximum absolute atomic E-state index is 11.7. The van der Waals surface area contributed by atoms with E-state index >= 15 is 0 Å². The number of carbonyl (C=O) groups is 2. The fraction of sp³-hybridized carbons (Fsp3) is 0.273. The molecule has 3 nitrogen and oxygen atoms in total. The van der Waals surface area contributed by atoms with Crippen molar-refractivity contribution < 1.29 is 14.3 Å². The van der Waals surface area contributed by atoms with Crippen LogP contribution in [0.5, 0.6) is 0 Å². The van der Waals surface area contributed by atoms with E-state index < -0.39 is 6.10 Å². The summed E-state index contributed by atoms with van der Waals surface area (Å²) in [6.07, 6.45) is 0.292. The molecular weight excluding hydrogens is 180 g/mol. The molecule has 0 unspecified atom stereocenters. The number of Topliss-reactive ketones (excluding diaryl/α,β-unsaturated/α-hetero) is 1. The molecule has 1 aromatic carbocycles. The lowest BCUT2D eigenvalue weighted by molar-refractivity contribution is -0.140. The lowest BCUT2D eigenvalue weighted by atomic mass is 10.0. The monoisotopic (exact) mass is 190 g/mol. The Morgan fingerprint density at radius 2 is 2.00 bits per heavy atom. The van der Waals surface area contributed by atoms with Crippen LogP contribution in [0.2, 0.25) is 0 Å². The van der Waals surface area contributed by atoms with Gasteiger partial charge in [-0.3, -0.25) is 9.59 Å². The van der Waals surface area contributed by atoms with Crippen LogP contribution in [0, 0.1) is 0 Å². The smallest absolute Gasteiger partial charge is 0.306 e. The van der Waals surface area contributed by atoms with Gasteiger partial charge in [-0.25, -0.2) is 0 Å². The van der Waals surface area contributed by atoms with Gasteiger partial charge in [-0.1, -0.05) is 30.3 Å². The van der Waals surface area contributed by atoms with Crippen LogP contribution in [0.3, 0.4) is 0 Å². The zero-order valence-electron chi connectivity index (χ0n) is 7.60. The molecule has 1 atom stereocenters. The first-order valence-corrected chi connectivity index (χ1v) is 4.56. The molecule has 1 aliphatic heterocycles. The predicted octanol–water partition coefficient (Wildman–Crippen LogP) is 1.57. The van der Waals surface area contributed by atoms with Crippen molar-refractivity contribution in [2.75, 3.05) is 0 Å². The predicted molar refractivity (Wildman–Crippen MR) is 49.9 cm³/mol. The number of hydrogen-bond donors (Lipinski definition) is 0. The molecule has 0 saturated carbocycles. The number of esters is 1. The largest absolute Gasteiger partial charge is 0.454 e. The molecule has 72 valence electrons. The normalized spacial score (nSPS) is 20.6.